The van der Waals surface area contributed by atoms with Gasteiger partial charge in [0.2, 0.25) is 0 Å². The zero-order chi connectivity index (χ0) is 13.0. The molecule has 3 N–H and O–H groups in total. The number of hydrogen-bond acceptors (Lipinski definition) is 3. The van der Waals surface area contributed by atoms with Crippen molar-refractivity contribution in [2.75, 3.05) is 6.54 Å². The molecule has 0 radical (unpaired) electrons. The largest absolute Gasteiger partial charge is 0.488 e. The molecule has 0 aliphatic carbocycles. The topological polar surface area (TPSA) is 69.6 Å². The molecule has 92 valence electrons. The first-order chi connectivity index (χ1) is 7.91. The molecule has 0 unspecified atom stereocenters. The van der Waals surface area contributed by atoms with Gasteiger partial charge in [-0.1, -0.05) is 19.9 Å². The van der Waals surface area contributed by atoms with Crippen LogP contribution < -0.4 is 10.8 Å². The van der Waals surface area contributed by atoms with E-state index in [-0.39, 0.29) is 16.9 Å². The summed E-state index contributed by atoms with van der Waals surface area (Å²) >= 11 is 0. The zero-order valence-electron chi connectivity index (χ0n) is 9.77. The van der Waals surface area contributed by atoms with Gasteiger partial charge in [0.1, 0.15) is 5.82 Å². The van der Waals surface area contributed by atoms with Gasteiger partial charge in [0.05, 0.1) is 5.56 Å². The normalized spacial score (nSPS) is 10.5. The van der Waals surface area contributed by atoms with Crippen LogP contribution in [0.15, 0.2) is 18.2 Å². The van der Waals surface area contributed by atoms with Gasteiger partial charge in [-0.25, -0.2) is 4.39 Å². The van der Waals surface area contributed by atoms with E-state index in [4.69, 9.17) is 10.0 Å². The first-order valence-corrected chi connectivity index (χ1v) is 5.35. The monoisotopic (exact) mass is 239 g/mol. The van der Waals surface area contributed by atoms with Crippen LogP contribution >= 0.6 is 0 Å². The average molecular weight is 239 g/mol. The van der Waals surface area contributed by atoms with Gasteiger partial charge in [-0.2, -0.15) is 0 Å². The van der Waals surface area contributed by atoms with Gasteiger partial charge in [-0.05, 0) is 23.5 Å². The maximum atomic E-state index is 13.4. The lowest BCUT2D eigenvalue weighted by Crippen LogP contribution is -2.33. The lowest BCUT2D eigenvalue weighted by Gasteiger charge is -2.09. The fraction of sp³-hybridized carbons (Fsp3) is 0.364. The number of benzene rings is 1. The highest BCUT2D eigenvalue weighted by molar-refractivity contribution is 6.58. The molecule has 0 aliphatic rings. The summed E-state index contributed by atoms with van der Waals surface area (Å²) in [5, 5.41) is 20.4. The van der Waals surface area contributed by atoms with Crippen LogP contribution in [0.1, 0.15) is 24.2 Å². The standard InChI is InChI=1S/C11H15BFNO3/c1-7(2)6-14-11(15)9-5-8(12(16)17)3-4-10(9)13/h3-5,7,16-17H,6H2,1-2H3,(H,14,15). The van der Waals surface area contributed by atoms with E-state index in [1.807, 2.05) is 13.8 Å². The van der Waals surface area contributed by atoms with Crippen molar-refractivity contribution >= 4 is 18.5 Å². The van der Waals surface area contributed by atoms with Crippen molar-refractivity contribution in [2.45, 2.75) is 13.8 Å². The molecular weight excluding hydrogens is 224 g/mol. The minimum absolute atomic E-state index is 0.0843. The summed E-state index contributed by atoms with van der Waals surface area (Å²) in [4.78, 5) is 11.6. The van der Waals surface area contributed by atoms with Crippen LogP contribution in [0.5, 0.6) is 0 Å². The fourth-order valence-electron chi connectivity index (χ4n) is 1.27. The molecule has 6 heteroatoms. The predicted molar refractivity (Wildman–Crippen MR) is 63.4 cm³/mol. The molecule has 1 amide bonds. The second-order valence-electron chi connectivity index (χ2n) is 4.22. The van der Waals surface area contributed by atoms with Gasteiger partial charge >= 0.3 is 7.12 Å². The summed E-state index contributed by atoms with van der Waals surface area (Å²) in [6, 6.07) is 3.40. The second kappa shape index (κ2) is 5.79. The molecule has 1 rings (SSSR count). The van der Waals surface area contributed by atoms with E-state index in [0.717, 1.165) is 12.1 Å². The molecular formula is C11H15BFNO3. The zero-order valence-corrected chi connectivity index (χ0v) is 9.77. The molecule has 0 fully saturated rings. The summed E-state index contributed by atoms with van der Waals surface area (Å²) in [5.74, 6) is -0.983. The Balaban J connectivity index is 2.88. The van der Waals surface area contributed by atoms with Crippen LogP contribution in [-0.2, 0) is 0 Å². The maximum absolute atomic E-state index is 13.4. The molecule has 4 nitrogen and oxygen atoms in total. The van der Waals surface area contributed by atoms with Gasteiger partial charge in [0.15, 0.2) is 0 Å². The van der Waals surface area contributed by atoms with E-state index in [9.17, 15) is 9.18 Å². The van der Waals surface area contributed by atoms with E-state index in [1.165, 1.54) is 6.07 Å². The molecule has 1 aromatic rings. The molecule has 0 atom stereocenters. The van der Waals surface area contributed by atoms with Crippen molar-refractivity contribution in [1.29, 1.82) is 0 Å². The smallest absolute Gasteiger partial charge is 0.423 e. The highest BCUT2D eigenvalue weighted by Gasteiger charge is 2.17. The van der Waals surface area contributed by atoms with E-state index in [0.29, 0.717) is 6.54 Å². The molecule has 0 aliphatic heterocycles. The number of carbonyl (C=O) groups is 1. The Hall–Kier alpha value is -1.40. The van der Waals surface area contributed by atoms with Crippen LogP contribution in [0.2, 0.25) is 0 Å². The minimum atomic E-state index is -1.72. The highest BCUT2D eigenvalue weighted by Crippen LogP contribution is 2.05. The number of nitrogens with one attached hydrogen (secondary N) is 1. The molecule has 0 aromatic heterocycles. The number of halogens is 1. The molecule has 0 heterocycles. The summed E-state index contributed by atoms with van der Waals surface area (Å²) in [6.45, 7) is 4.28. The number of hydrogen-bond donors (Lipinski definition) is 3. The predicted octanol–water partition coefficient (Wildman–Crippen LogP) is -0.109. The number of amides is 1. The Morgan fingerprint density at radius 1 is 1.47 bits per heavy atom. The Morgan fingerprint density at radius 2 is 2.12 bits per heavy atom. The van der Waals surface area contributed by atoms with Gasteiger partial charge in [0.25, 0.3) is 5.91 Å². The first-order valence-electron chi connectivity index (χ1n) is 5.35. The lowest BCUT2D eigenvalue weighted by molar-refractivity contribution is 0.0945. The van der Waals surface area contributed by atoms with Crippen molar-refractivity contribution in [2.24, 2.45) is 5.92 Å². The van der Waals surface area contributed by atoms with Crippen molar-refractivity contribution in [3.05, 3.63) is 29.6 Å². The summed E-state index contributed by atoms with van der Waals surface area (Å²) in [7, 11) is -1.72. The maximum Gasteiger partial charge on any atom is 0.488 e. The average Bonchev–Trinajstić information content (AvgIpc) is 2.26. The van der Waals surface area contributed by atoms with Crippen LogP contribution in [0, 0.1) is 11.7 Å². The quantitative estimate of drug-likeness (QED) is 0.642. The van der Waals surface area contributed by atoms with Crippen LogP contribution in [-0.4, -0.2) is 29.6 Å². The van der Waals surface area contributed by atoms with Crippen molar-refractivity contribution < 1.29 is 19.2 Å². The first kappa shape index (κ1) is 13.7. The van der Waals surface area contributed by atoms with Crippen molar-refractivity contribution in [1.82, 2.24) is 5.32 Å². The Bertz CT molecular complexity index is 410. The number of carbonyl (C=O) groups excluding carboxylic acids is 1. The third-order valence-corrected chi connectivity index (χ3v) is 2.20. The van der Waals surface area contributed by atoms with Gasteiger partial charge < -0.3 is 15.4 Å². The summed E-state index contributed by atoms with van der Waals surface area (Å²) < 4.78 is 13.4. The van der Waals surface area contributed by atoms with Crippen LogP contribution in [0.4, 0.5) is 4.39 Å². The van der Waals surface area contributed by atoms with E-state index < -0.39 is 18.8 Å². The minimum Gasteiger partial charge on any atom is -0.423 e. The fourth-order valence-corrected chi connectivity index (χ4v) is 1.27. The lowest BCUT2D eigenvalue weighted by atomic mass is 9.79. The van der Waals surface area contributed by atoms with E-state index in [2.05, 4.69) is 5.32 Å². The molecule has 0 spiro atoms. The van der Waals surface area contributed by atoms with Gasteiger partial charge in [0, 0.05) is 6.54 Å². The Labute approximate surface area is 99.6 Å². The second-order valence-corrected chi connectivity index (χ2v) is 4.22. The van der Waals surface area contributed by atoms with E-state index >= 15 is 0 Å². The highest BCUT2D eigenvalue weighted by atomic mass is 19.1. The Kier molecular flexibility index (Phi) is 4.66. The Morgan fingerprint density at radius 3 is 2.65 bits per heavy atom. The van der Waals surface area contributed by atoms with Crippen LogP contribution in [0.25, 0.3) is 0 Å². The molecule has 1 aromatic carbocycles. The molecule has 0 saturated heterocycles. The molecule has 17 heavy (non-hydrogen) atoms. The number of rotatable bonds is 4. The third kappa shape index (κ3) is 3.83. The van der Waals surface area contributed by atoms with Crippen molar-refractivity contribution in [3.63, 3.8) is 0 Å². The SMILES string of the molecule is CC(C)CNC(=O)c1cc(B(O)O)ccc1F. The summed E-state index contributed by atoms with van der Waals surface area (Å²) in [6.07, 6.45) is 0. The third-order valence-electron chi connectivity index (χ3n) is 2.20. The van der Waals surface area contributed by atoms with Crippen molar-refractivity contribution in [3.8, 4) is 0 Å². The molecule has 0 bridgehead atoms. The van der Waals surface area contributed by atoms with Gasteiger partial charge in [-0.15, -0.1) is 0 Å². The van der Waals surface area contributed by atoms with Gasteiger partial charge in [-0.3, -0.25) is 4.79 Å². The summed E-state index contributed by atoms with van der Waals surface area (Å²) in [5.41, 5.74) is -0.0997. The van der Waals surface area contributed by atoms with Crippen LogP contribution in [0.3, 0.4) is 0 Å². The van der Waals surface area contributed by atoms with E-state index in [1.54, 1.807) is 0 Å². The molecule has 0 saturated carbocycles.